The lowest BCUT2D eigenvalue weighted by Gasteiger charge is -2.58. The third-order valence-electron chi connectivity index (χ3n) is 14.1. The number of hydrogen-bond acceptors (Lipinski definition) is 5. The van der Waals surface area contributed by atoms with Gasteiger partial charge in [0.25, 0.3) is 0 Å². The van der Waals surface area contributed by atoms with Crippen molar-refractivity contribution in [2.24, 2.45) is 52.3 Å². The molecule has 0 aliphatic heterocycles. The minimum Gasteiger partial charge on any atom is -0.446 e. The Morgan fingerprint density at radius 3 is 2.52 bits per heavy atom. The van der Waals surface area contributed by atoms with Gasteiger partial charge < -0.3 is 25.0 Å². The summed E-state index contributed by atoms with van der Waals surface area (Å²) >= 11 is 0. The molecule has 3 N–H and O–H groups in total. The fraction of sp³-hybridized carbons (Fsp3) is 0.925. The van der Waals surface area contributed by atoms with E-state index in [1.807, 2.05) is 0 Å². The van der Waals surface area contributed by atoms with Crippen molar-refractivity contribution < 1.29 is 24.5 Å². The standard InChI is InChI=1S/C40H69NO5/c1-27(2)11-10-12-28(3)34-15-16-35-33-14-13-30-24-31(17-19-39(30,4)36(33)18-20-40(34,35)5)46-38(44)41-21-8-6-7-9-22-45-32-23-29(26-42)37(43)25-32/h13,27-29,31-37,42-43H,6-12,14-26H2,1-5H3,(H,41,44)/t28-,29-,31+,32+,33?,34-,35+,36+,37+,39+,40-/m1/s1. The molecule has 0 heterocycles. The van der Waals surface area contributed by atoms with Gasteiger partial charge >= 0.3 is 6.09 Å². The monoisotopic (exact) mass is 644 g/mol. The van der Waals surface area contributed by atoms with Crippen molar-refractivity contribution in [1.82, 2.24) is 5.32 Å². The van der Waals surface area contributed by atoms with Crippen LogP contribution in [0.5, 0.6) is 0 Å². The van der Waals surface area contributed by atoms with E-state index in [4.69, 9.17) is 9.47 Å². The molecular weight excluding hydrogens is 574 g/mol. The number of nitrogens with one attached hydrogen (secondary N) is 1. The number of aliphatic hydroxyl groups is 2. The van der Waals surface area contributed by atoms with E-state index in [0.717, 1.165) is 86.9 Å². The molecule has 5 aliphatic rings. The van der Waals surface area contributed by atoms with Crippen LogP contribution in [0.2, 0.25) is 0 Å². The summed E-state index contributed by atoms with van der Waals surface area (Å²) < 4.78 is 11.9. The van der Waals surface area contributed by atoms with E-state index >= 15 is 0 Å². The highest BCUT2D eigenvalue weighted by atomic mass is 16.6. The van der Waals surface area contributed by atoms with E-state index in [-0.39, 0.29) is 36.2 Å². The lowest BCUT2D eigenvalue weighted by molar-refractivity contribution is -0.0581. The number of allylic oxidation sites excluding steroid dienone is 1. The van der Waals surface area contributed by atoms with E-state index in [1.165, 1.54) is 51.4 Å². The fourth-order valence-corrected chi connectivity index (χ4v) is 11.4. The van der Waals surface area contributed by atoms with Gasteiger partial charge in [0.2, 0.25) is 0 Å². The summed E-state index contributed by atoms with van der Waals surface area (Å²) in [6, 6.07) is 0. The highest BCUT2D eigenvalue weighted by molar-refractivity contribution is 5.67. The Labute approximate surface area is 281 Å². The third kappa shape index (κ3) is 8.19. The summed E-state index contributed by atoms with van der Waals surface area (Å²) in [6.45, 7) is 13.9. The lowest BCUT2D eigenvalue weighted by Crippen LogP contribution is -2.51. The van der Waals surface area contributed by atoms with Crippen LogP contribution in [0.4, 0.5) is 4.79 Å². The fourth-order valence-electron chi connectivity index (χ4n) is 11.4. The molecule has 0 aromatic heterocycles. The predicted octanol–water partition coefficient (Wildman–Crippen LogP) is 8.83. The minimum atomic E-state index is -0.433. The van der Waals surface area contributed by atoms with Crippen LogP contribution in [0.3, 0.4) is 0 Å². The van der Waals surface area contributed by atoms with Crippen molar-refractivity contribution >= 4 is 6.09 Å². The van der Waals surface area contributed by atoms with Crippen LogP contribution >= 0.6 is 0 Å². The summed E-state index contributed by atoms with van der Waals surface area (Å²) in [5.41, 5.74) is 2.39. The normalized spacial score (nSPS) is 39.3. The number of alkyl carbamates (subject to hydrolysis) is 1. The Morgan fingerprint density at radius 1 is 0.957 bits per heavy atom. The molecule has 0 radical (unpaired) electrons. The number of ether oxygens (including phenoxy) is 2. The maximum absolute atomic E-state index is 12.7. The second-order valence-corrected chi connectivity index (χ2v) is 17.4. The van der Waals surface area contributed by atoms with Gasteiger partial charge in [0, 0.05) is 32.1 Å². The first-order chi connectivity index (χ1) is 22.0. The molecule has 0 spiro atoms. The number of fused-ring (bicyclic) bond motifs is 5. The average molecular weight is 644 g/mol. The highest BCUT2D eigenvalue weighted by Gasteiger charge is 2.59. The molecule has 264 valence electrons. The average Bonchev–Trinajstić information content (AvgIpc) is 3.56. The summed E-state index contributed by atoms with van der Waals surface area (Å²) in [4.78, 5) is 12.7. The molecule has 4 saturated carbocycles. The first-order valence-corrected chi connectivity index (χ1v) is 19.6. The number of amides is 1. The molecule has 4 fully saturated rings. The Morgan fingerprint density at radius 2 is 1.76 bits per heavy atom. The summed E-state index contributed by atoms with van der Waals surface area (Å²) in [6.07, 6.45) is 21.5. The van der Waals surface area contributed by atoms with Crippen LogP contribution in [0.25, 0.3) is 0 Å². The number of rotatable bonds is 15. The van der Waals surface area contributed by atoms with Crippen LogP contribution in [0.15, 0.2) is 11.6 Å². The van der Waals surface area contributed by atoms with Gasteiger partial charge in [-0.1, -0.05) is 78.4 Å². The predicted molar refractivity (Wildman–Crippen MR) is 185 cm³/mol. The van der Waals surface area contributed by atoms with Crippen molar-refractivity contribution in [3.8, 4) is 0 Å². The molecule has 1 amide bonds. The molecule has 0 aromatic rings. The molecule has 5 aliphatic carbocycles. The summed E-state index contributed by atoms with van der Waals surface area (Å²) in [7, 11) is 0. The third-order valence-corrected chi connectivity index (χ3v) is 14.1. The molecule has 6 nitrogen and oxygen atoms in total. The Hall–Kier alpha value is -1.11. The largest absolute Gasteiger partial charge is 0.446 e. The van der Waals surface area contributed by atoms with Crippen molar-refractivity contribution in [1.29, 1.82) is 0 Å². The minimum absolute atomic E-state index is 0.00367. The molecule has 5 rings (SSSR count). The number of aliphatic hydroxyl groups excluding tert-OH is 2. The van der Waals surface area contributed by atoms with Crippen LogP contribution in [-0.2, 0) is 9.47 Å². The number of carbonyl (C=O) groups is 1. The van der Waals surface area contributed by atoms with Crippen molar-refractivity contribution in [2.75, 3.05) is 19.8 Å². The number of hydrogen-bond donors (Lipinski definition) is 3. The van der Waals surface area contributed by atoms with E-state index < -0.39 is 6.10 Å². The van der Waals surface area contributed by atoms with Gasteiger partial charge in [0.1, 0.15) is 6.10 Å². The highest BCUT2D eigenvalue weighted by Crippen LogP contribution is 2.67. The SMILES string of the molecule is CC(C)CCC[C@@H](C)[C@H]1CC[C@H]2C3CC=C4C[C@@H](OC(=O)NCCCCCCO[C@H]5C[C@H](CO)[C@@H](O)C5)CC[C@]4(C)[C@H]3CC[C@]12C. The maximum atomic E-state index is 12.7. The molecule has 46 heavy (non-hydrogen) atoms. The zero-order valence-corrected chi connectivity index (χ0v) is 30.1. The lowest BCUT2D eigenvalue weighted by atomic mass is 9.47. The van der Waals surface area contributed by atoms with Gasteiger partial charge in [0.15, 0.2) is 0 Å². The van der Waals surface area contributed by atoms with Crippen LogP contribution < -0.4 is 5.32 Å². The van der Waals surface area contributed by atoms with Crippen molar-refractivity contribution in [2.45, 2.75) is 162 Å². The Balaban J connectivity index is 1.01. The second-order valence-electron chi connectivity index (χ2n) is 17.4. The summed E-state index contributed by atoms with van der Waals surface area (Å²) in [5.74, 6) is 5.06. The Bertz CT molecular complexity index is 1010. The molecule has 1 unspecified atom stereocenters. The van der Waals surface area contributed by atoms with Gasteiger partial charge in [-0.25, -0.2) is 4.79 Å². The number of carbonyl (C=O) groups excluding carboxylic acids is 1. The zero-order chi connectivity index (χ0) is 32.9. The van der Waals surface area contributed by atoms with Gasteiger partial charge in [-0.05, 0) is 117 Å². The van der Waals surface area contributed by atoms with Gasteiger partial charge in [0.05, 0.1) is 12.2 Å². The van der Waals surface area contributed by atoms with Gasteiger partial charge in [-0.2, -0.15) is 0 Å². The molecule has 0 saturated heterocycles. The molecular formula is C40H69NO5. The van der Waals surface area contributed by atoms with E-state index in [0.29, 0.717) is 25.0 Å². The van der Waals surface area contributed by atoms with Gasteiger partial charge in [-0.15, -0.1) is 0 Å². The first-order valence-electron chi connectivity index (χ1n) is 19.6. The summed E-state index contributed by atoms with van der Waals surface area (Å²) in [5, 5.41) is 22.2. The topological polar surface area (TPSA) is 88.0 Å². The molecule has 0 aromatic carbocycles. The Kier molecular flexibility index (Phi) is 12.6. The van der Waals surface area contributed by atoms with Crippen LogP contribution in [0, 0.1) is 52.3 Å². The van der Waals surface area contributed by atoms with Gasteiger partial charge in [-0.3, -0.25) is 0 Å². The van der Waals surface area contributed by atoms with Crippen LogP contribution in [-0.4, -0.2) is 54.4 Å². The van der Waals surface area contributed by atoms with Crippen LogP contribution in [0.1, 0.15) is 144 Å². The van der Waals surface area contributed by atoms with Crippen molar-refractivity contribution in [3.05, 3.63) is 11.6 Å². The van der Waals surface area contributed by atoms with E-state index in [9.17, 15) is 15.0 Å². The van der Waals surface area contributed by atoms with Crippen molar-refractivity contribution in [3.63, 3.8) is 0 Å². The second kappa shape index (κ2) is 16.1. The smallest absolute Gasteiger partial charge is 0.407 e. The molecule has 11 atom stereocenters. The van der Waals surface area contributed by atoms with E-state index in [2.05, 4.69) is 46.0 Å². The van der Waals surface area contributed by atoms with E-state index in [1.54, 1.807) is 5.57 Å². The first kappa shape index (κ1) is 36.2. The molecule has 0 bridgehead atoms. The quantitative estimate of drug-likeness (QED) is 0.123. The maximum Gasteiger partial charge on any atom is 0.407 e. The zero-order valence-electron chi connectivity index (χ0n) is 30.1. The number of unbranched alkanes of at least 4 members (excludes halogenated alkanes) is 3. The molecule has 6 heteroatoms.